The van der Waals surface area contributed by atoms with Crippen LogP contribution in [0.2, 0.25) is 0 Å². The van der Waals surface area contributed by atoms with Gasteiger partial charge in [-0.1, -0.05) is 154 Å². The molecule has 8 N–H and O–H groups in total. The molecule has 0 aromatic carbocycles. The molecule has 12 atom stereocenters. The Bertz CT molecular complexity index is 1350. The van der Waals surface area contributed by atoms with Crippen LogP contribution >= 0.6 is 7.82 Å². The Kier molecular flexibility index (Phi) is 30.6. The van der Waals surface area contributed by atoms with Crippen LogP contribution in [0, 0.1) is 11.8 Å². The molecule has 1 unspecified atom stereocenters. The molecule has 0 radical (unpaired) electrons. The Morgan fingerprint density at radius 2 is 1.27 bits per heavy atom. The van der Waals surface area contributed by atoms with E-state index in [4.69, 9.17) is 18.5 Å². The van der Waals surface area contributed by atoms with Crippen molar-refractivity contribution in [2.75, 3.05) is 13.2 Å². The van der Waals surface area contributed by atoms with E-state index in [1.54, 1.807) is 0 Å². The highest BCUT2D eigenvalue weighted by Crippen LogP contribution is 2.47. The van der Waals surface area contributed by atoms with Crippen molar-refractivity contribution in [2.45, 2.75) is 242 Å². The number of aliphatic hydroxyl groups excluding tert-OH is 7. The first-order valence-corrected chi connectivity index (χ1v) is 26.1. The number of esters is 2. The van der Waals surface area contributed by atoms with Crippen molar-refractivity contribution in [3.63, 3.8) is 0 Å². The highest BCUT2D eigenvalue weighted by atomic mass is 31.2. The molecule has 16 nitrogen and oxygen atoms in total. The molecular weight excluding hydrogens is 851 g/mol. The highest BCUT2D eigenvalue weighted by Gasteiger charge is 2.49. The van der Waals surface area contributed by atoms with Gasteiger partial charge in [0.2, 0.25) is 0 Å². The van der Waals surface area contributed by atoms with E-state index >= 15 is 0 Å². The number of rotatable bonds is 23. The van der Waals surface area contributed by atoms with Gasteiger partial charge in [-0.3, -0.25) is 23.4 Å². The maximum atomic E-state index is 13.7. The van der Waals surface area contributed by atoms with Crippen LogP contribution in [0.4, 0.5) is 0 Å². The van der Waals surface area contributed by atoms with Crippen LogP contribution < -0.4 is 0 Å². The molecule has 17 heteroatoms. The minimum Gasteiger partial charge on any atom is -0.462 e. The number of unbranched alkanes of at least 4 members (excludes halogenated alkanes) is 16. The smallest absolute Gasteiger partial charge is 0.462 e. The number of fused-ring (bicyclic) bond motifs is 4. The summed E-state index contributed by atoms with van der Waals surface area (Å²) in [4.78, 5) is 50.2. The lowest BCUT2D eigenvalue weighted by atomic mass is 9.82. The van der Waals surface area contributed by atoms with Gasteiger partial charge in [-0.2, -0.15) is 0 Å². The van der Waals surface area contributed by atoms with Crippen molar-refractivity contribution in [3.05, 3.63) is 12.2 Å². The van der Waals surface area contributed by atoms with Crippen molar-refractivity contribution < 1.29 is 78.1 Å². The zero-order valence-electron chi connectivity index (χ0n) is 38.8. The Hall–Kier alpha value is -1.82. The summed E-state index contributed by atoms with van der Waals surface area (Å²) in [5.41, 5.74) is 0. The Balaban J connectivity index is 2.17. The first-order valence-electron chi connectivity index (χ1n) is 24.6. The normalized spacial score (nSPS) is 31.5. The number of ketones is 1. The molecule has 64 heavy (non-hydrogen) atoms. The monoisotopic (exact) mass is 937 g/mol. The third-order valence-corrected chi connectivity index (χ3v) is 13.5. The number of ether oxygens (including phenoxy) is 2. The lowest BCUT2D eigenvalue weighted by Gasteiger charge is -2.37. The fourth-order valence-electron chi connectivity index (χ4n) is 8.45. The molecule has 0 spiro atoms. The van der Waals surface area contributed by atoms with E-state index in [9.17, 15) is 59.6 Å². The van der Waals surface area contributed by atoms with Gasteiger partial charge in [0.25, 0.3) is 0 Å². The molecule has 1 aliphatic heterocycles. The summed E-state index contributed by atoms with van der Waals surface area (Å²) in [6, 6.07) is 0. The Morgan fingerprint density at radius 3 is 1.88 bits per heavy atom. The molecule has 1 heterocycles. The molecule has 0 aromatic rings. The maximum Gasteiger partial charge on any atom is 0.472 e. The maximum absolute atomic E-state index is 13.7. The zero-order chi connectivity index (χ0) is 47.3. The standard InChI is InChI=1S/C47H85O16P/c1-3-5-7-8-9-10-11-12-13-14-15-16-17-18-24-28-41(52)62-35-32-60-40(51)27-23-20-19-22-26-36-38(49)31-39(50)37(30-29-34(48)25-21-6-4-2)43(54)45(56)47(46(57)44(55)42(36)53)63-64(58,59)61-33-35/h29-30,34-38,42-49,53-57H,3-28,31-33H2,1-2H3,(H,58,59)/b30-29+/t34-,35+,36-,37-,38-,42+,43+,44-,45+,46+,47+/m0/s1. The van der Waals surface area contributed by atoms with Gasteiger partial charge >= 0.3 is 19.8 Å². The van der Waals surface area contributed by atoms with E-state index in [1.165, 1.54) is 70.3 Å². The van der Waals surface area contributed by atoms with Gasteiger partial charge in [0.15, 0.2) is 6.10 Å². The summed E-state index contributed by atoms with van der Waals surface area (Å²) in [6.07, 6.45) is 6.01. The number of phosphoric acid groups is 1. The van der Waals surface area contributed by atoms with Gasteiger partial charge in [0.05, 0.1) is 36.9 Å². The van der Waals surface area contributed by atoms with Gasteiger partial charge in [0, 0.05) is 25.2 Å². The summed E-state index contributed by atoms with van der Waals surface area (Å²) >= 11 is 0. The van der Waals surface area contributed by atoms with E-state index in [0.717, 1.165) is 44.6 Å². The molecule has 2 bridgehead atoms. The topological polar surface area (TPSA) is 267 Å². The Labute approximate surface area is 382 Å². The summed E-state index contributed by atoms with van der Waals surface area (Å²) in [6.45, 7) is 2.83. The predicted molar refractivity (Wildman–Crippen MR) is 241 cm³/mol. The van der Waals surface area contributed by atoms with Crippen molar-refractivity contribution in [1.29, 1.82) is 0 Å². The second-order valence-electron chi connectivity index (χ2n) is 18.1. The molecule has 1 aliphatic carbocycles. The summed E-state index contributed by atoms with van der Waals surface area (Å²) in [7, 11) is -5.45. The van der Waals surface area contributed by atoms with E-state index < -0.39 is 112 Å². The SMILES string of the molecule is CCCCCCCCCCCCCCCCCC(=O)O[C@@H]1COC(=O)CCCCCC[C@@H]2[C@@H](O)[C@H](O)[C@@H](O)[C@H](OP(=O)(O)OC1)[C@H](O)[C@H](O)[C@@H](/C=C/[C@@H](O)CCCCC)C(=O)C[C@@H]2O. The van der Waals surface area contributed by atoms with E-state index in [-0.39, 0.29) is 19.3 Å². The van der Waals surface area contributed by atoms with Gasteiger partial charge in [0.1, 0.15) is 36.8 Å². The zero-order valence-corrected chi connectivity index (χ0v) is 39.7. The van der Waals surface area contributed by atoms with Crippen molar-refractivity contribution >= 4 is 25.5 Å². The Morgan fingerprint density at radius 1 is 0.719 bits per heavy atom. The second-order valence-corrected chi connectivity index (χ2v) is 19.5. The molecule has 2 aliphatic rings. The minimum absolute atomic E-state index is 0.000438. The number of carbonyl (C=O) groups excluding carboxylic acids is 3. The lowest BCUT2D eigenvalue weighted by molar-refractivity contribution is -0.167. The fourth-order valence-corrected chi connectivity index (χ4v) is 9.42. The number of hydrogen-bond donors (Lipinski definition) is 8. The van der Waals surface area contributed by atoms with Crippen LogP contribution in [-0.4, -0.2) is 127 Å². The van der Waals surface area contributed by atoms with Gasteiger partial charge in [-0.15, -0.1) is 0 Å². The molecule has 2 rings (SSSR count). The quantitative estimate of drug-likeness (QED) is 0.0237. The third-order valence-electron chi connectivity index (χ3n) is 12.5. The van der Waals surface area contributed by atoms with Gasteiger partial charge in [-0.05, 0) is 25.7 Å². The number of aliphatic hydroxyl groups is 7. The average molecular weight is 937 g/mol. The number of carbonyl (C=O) groups is 3. The molecule has 0 amide bonds. The third kappa shape index (κ3) is 23.8. The molecule has 0 aromatic heterocycles. The number of cyclic esters (lactones) is 1. The van der Waals surface area contributed by atoms with E-state index in [1.807, 2.05) is 6.92 Å². The fraction of sp³-hybridized carbons (Fsp3) is 0.894. The van der Waals surface area contributed by atoms with Crippen LogP contribution in [0.5, 0.6) is 0 Å². The average Bonchev–Trinajstić information content (AvgIpc) is 3.26. The van der Waals surface area contributed by atoms with Crippen LogP contribution in [0.25, 0.3) is 0 Å². The lowest BCUT2D eigenvalue weighted by Crippen LogP contribution is -2.55. The number of Topliss-reactive ketones (excluding diaryl/α,β-unsaturated/α-hetero) is 1. The molecule has 374 valence electrons. The van der Waals surface area contributed by atoms with Crippen LogP contribution in [0.15, 0.2) is 12.2 Å². The number of phosphoric ester groups is 1. The van der Waals surface area contributed by atoms with Crippen LogP contribution in [0.1, 0.15) is 187 Å². The van der Waals surface area contributed by atoms with E-state index in [0.29, 0.717) is 44.9 Å². The molecule has 1 saturated carbocycles. The van der Waals surface area contributed by atoms with Crippen molar-refractivity contribution in [2.24, 2.45) is 11.8 Å². The van der Waals surface area contributed by atoms with Crippen LogP contribution in [-0.2, 0) is 37.5 Å². The summed E-state index contributed by atoms with van der Waals surface area (Å²) in [5.74, 6) is -4.97. The van der Waals surface area contributed by atoms with Crippen molar-refractivity contribution in [3.8, 4) is 0 Å². The first kappa shape index (κ1) is 58.3. The molecule has 2 fully saturated rings. The summed E-state index contributed by atoms with van der Waals surface area (Å²) in [5, 5.41) is 78.6. The summed E-state index contributed by atoms with van der Waals surface area (Å²) < 4.78 is 34.7. The van der Waals surface area contributed by atoms with Crippen molar-refractivity contribution in [1.82, 2.24) is 0 Å². The first-order chi connectivity index (χ1) is 30.6. The van der Waals surface area contributed by atoms with Gasteiger partial charge in [-0.25, -0.2) is 4.57 Å². The highest BCUT2D eigenvalue weighted by molar-refractivity contribution is 7.47. The van der Waals surface area contributed by atoms with Gasteiger partial charge < -0.3 is 50.1 Å². The predicted octanol–water partition coefficient (Wildman–Crippen LogP) is 6.43. The molecule has 1 saturated heterocycles. The number of hydrogen-bond acceptors (Lipinski definition) is 15. The van der Waals surface area contributed by atoms with E-state index in [2.05, 4.69) is 6.92 Å². The second kappa shape index (κ2) is 33.6. The van der Waals surface area contributed by atoms with Crippen LogP contribution in [0.3, 0.4) is 0 Å². The molecular formula is C47H85O16P. The minimum atomic E-state index is -5.45. The largest absolute Gasteiger partial charge is 0.472 e.